The van der Waals surface area contributed by atoms with Crippen LogP contribution in [-0.2, 0) is 10.2 Å². The molecule has 2 fully saturated rings. The van der Waals surface area contributed by atoms with E-state index in [1.807, 2.05) is 26.8 Å². The van der Waals surface area contributed by atoms with E-state index >= 15 is 0 Å². The number of phenolic OH excluding ortho intramolecular Hbond substituents is 1. The second kappa shape index (κ2) is 4.48. The van der Waals surface area contributed by atoms with Crippen molar-refractivity contribution in [3.05, 3.63) is 23.3 Å². The molecule has 3 aliphatic rings. The molecule has 0 aromatic heterocycles. The maximum atomic E-state index is 12.7. The molecule has 5 atom stereocenters. The van der Waals surface area contributed by atoms with Crippen molar-refractivity contribution in [2.45, 2.75) is 56.8 Å². The van der Waals surface area contributed by atoms with Gasteiger partial charge in [-0.25, -0.2) is 0 Å². The van der Waals surface area contributed by atoms with Gasteiger partial charge in [0.05, 0.1) is 11.0 Å². The van der Waals surface area contributed by atoms with Crippen molar-refractivity contribution in [2.24, 2.45) is 5.92 Å². The van der Waals surface area contributed by atoms with Crippen molar-refractivity contribution in [1.29, 1.82) is 0 Å². The molecular weight excluding hydrogens is 294 g/mol. The number of piperidine rings is 1. The van der Waals surface area contributed by atoms with E-state index in [2.05, 4.69) is 5.32 Å². The number of nitrogens with one attached hydrogen (secondary N) is 1. The Bertz CT molecular complexity index is 703. The van der Waals surface area contributed by atoms with Crippen LogP contribution in [0.1, 0.15) is 37.8 Å². The highest BCUT2D eigenvalue weighted by Crippen LogP contribution is 2.62. The molecule has 0 bridgehead atoms. The summed E-state index contributed by atoms with van der Waals surface area (Å²) in [6.07, 6.45) is 0.199. The number of phenols is 1. The SMILES string of the molecule is Cc1ccc(O)c2c1[C@]13CCN[C@H](C)[C@]1(O)C(C)CC(=O)[C@@H]3O2. The molecule has 1 saturated heterocycles. The van der Waals surface area contributed by atoms with Crippen LogP contribution in [0.2, 0.25) is 0 Å². The zero-order valence-electron chi connectivity index (χ0n) is 13.7. The average molecular weight is 317 g/mol. The second-order valence-corrected chi connectivity index (χ2v) is 7.40. The van der Waals surface area contributed by atoms with Gasteiger partial charge in [0.2, 0.25) is 0 Å². The van der Waals surface area contributed by atoms with Crippen molar-refractivity contribution >= 4 is 5.78 Å². The monoisotopic (exact) mass is 317 g/mol. The second-order valence-electron chi connectivity index (χ2n) is 7.40. The third-order valence-corrected chi connectivity index (χ3v) is 6.37. The zero-order valence-corrected chi connectivity index (χ0v) is 13.7. The Hall–Kier alpha value is -1.59. The summed E-state index contributed by atoms with van der Waals surface area (Å²) >= 11 is 0. The van der Waals surface area contributed by atoms with Crippen LogP contribution in [0.3, 0.4) is 0 Å². The minimum absolute atomic E-state index is 0.0197. The molecule has 0 amide bonds. The molecule has 0 radical (unpaired) electrons. The number of hydrogen-bond acceptors (Lipinski definition) is 5. The molecule has 2 aliphatic heterocycles. The van der Waals surface area contributed by atoms with E-state index in [4.69, 9.17) is 4.74 Å². The first-order chi connectivity index (χ1) is 10.8. The Kier molecular flexibility index (Phi) is 2.92. The molecule has 2 heterocycles. The fourth-order valence-corrected chi connectivity index (χ4v) is 5.36. The van der Waals surface area contributed by atoms with Gasteiger partial charge in [-0.15, -0.1) is 0 Å². The van der Waals surface area contributed by atoms with Crippen LogP contribution >= 0.6 is 0 Å². The topological polar surface area (TPSA) is 78.8 Å². The van der Waals surface area contributed by atoms with Crippen LogP contribution in [0.15, 0.2) is 12.1 Å². The lowest BCUT2D eigenvalue weighted by Gasteiger charge is -2.59. The van der Waals surface area contributed by atoms with E-state index in [0.29, 0.717) is 25.1 Å². The fraction of sp³-hybridized carbons (Fsp3) is 0.611. The largest absolute Gasteiger partial charge is 0.504 e. The van der Waals surface area contributed by atoms with E-state index in [1.54, 1.807) is 6.07 Å². The van der Waals surface area contributed by atoms with Crippen LogP contribution in [-0.4, -0.2) is 40.3 Å². The van der Waals surface area contributed by atoms with Gasteiger partial charge in [-0.2, -0.15) is 0 Å². The molecule has 5 heteroatoms. The maximum absolute atomic E-state index is 12.7. The highest BCUT2D eigenvalue weighted by atomic mass is 16.5. The molecule has 1 aliphatic carbocycles. The number of hydrogen-bond donors (Lipinski definition) is 3. The van der Waals surface area contributed by atoms with Gasteiger partial charge in [0.15, 0.2) is 23.4 Å². The summed E-state index contributed by atoms with van der Waals surface area (Å²) in [6, 6.07) is 3.28. The van der Waals surface area contributed by atoms with Crippen molar-refractivity contribution in [1.82, 2.24) is 5.32 Å². The third kappa shape index (κ3) is 1.52. The molecule has 4 rings (SSSR count). The molecule has 5 nitrogen and oxygen atoms in total. The van der Waals surface area contributed by atoms with Crippen LogP contribution in [0.4, 0.5) is 0 Å². The van der Waals surface area contributed by atoms with Crippen LogP contribution in [0.5, 0.6) is 11.5 Å². The van der Waals surface area contributed by atoms with Gasteiger partial charge in [-0.3, -0.25) is 4.79 Å². The minimum Gasteiger partial charge on any atom is -0.504 e. The smallest absolute Gasteiger partial charge is 0.174 e. The molecule has 1 aromatic carbocycles. The molecular formula is C18H23NO4. The van der Waals surface area contributed by atoms with Crippen molar-refractivity contribution in [2.75, 3.05) is 6.54 Å². The lowest BCUT2D eigenvalue weighted by Crippen LogP contribution is -2.76. The molecule has 1 unspecified atom stereocenters. The van der Waals surface area contributed by atoms with E-state index in [9.17, 15) is 15.0 Å². The lowest BCUT2D eigenvalue weighted by molar-refractivity contribution is -0.179. The summed E-state index contributed by atoms with van der Waals surface area (Å²) in [6.45, 7) is 6.57. The normalized spacial score (nSPS) is 41.7. The van der Waals surface area contributed by atoms with Gasteiger partial charge in [-0.1, -0.05) is 13.0 Å². The van der Waals surface area contributed by atoms with E-state index in [-0.39, 0.29) is 23.5 Å². The lowest BCUT2D eigenvalue weighted by atomic mass is 9.50. The van der Waals surface area contributed by atoms with Gasteiger partial charge < -0.3 is 20.3 Å². The summed E-state index contributed by atoms with van der Waals surface area (Å²) in [5.41, 5.74) is -0.106. The first kappa shape index (κ1) is 15.0. The number of carbonyl (C=O) groups is 1. The Labute approximate surface area is 135 Å². The van der Waals surface area contributed by atoms with E-state index in [0.717, 1.165) is 11.1 Å². The van der Waals surface area contributed by atoms with Crippen LogP contribution in [0, 0.1) is 12.8 Å². The first-order valence-corrected chi connectivity index (χ1v) is 8.32. The summed E-state index contributed by atoms with van der Waals surface area (Å²) in [7, 11) is 0. The molecule has 23 heavy (non-hydrogen) atoms. The maximum Gasteiger partial charge on any atom is 0.174 e. The van der Waals surface area contributed by atoms with Gasteiger partial charge in [0.1, 0.15) is 0 Å². The number of aliphatic hydroxyl groups is 1. The highest BCUT2D eigenvalue weighted by Gasteiger charge is 2.71. The molecule has 3 N–H and O–H groups in total. The Morgan fingerprint density at radius 1 is 1.35 bits per heavy atom. The van der Waals surface area contributed by atoms with Crippen molar-refractivity contribution < 1.29 is 19.7 Å². The fourth-order valence-electron chi connectivity index (χ4n) is 5.36. The summed E-state index contributed by atoms with van der Waals surface area (Å²) in [5.74, 6) is 0.268. The van der Waals surface area contributed by atoms with Gasteiger partial charge in [0.25, 0.3) is 0 Å². The van der Waals surface area contributed by atoms with Gasteiger partial charge >= 0.3 is 0 Å². The van der Waals surface area contributed by atoms with E-state index < -0.39 is 17.1 Å². The number of aryl methyl sites for hydroxylation is 1. The van der Waals surface area contributed by atoms with Gasteiger partial charge in [-0.05, 0) is 44.4 Å². The number of benzene rings is 1. The molecule has 1 saturated carbocycles. The van der Waals surface area contributed by atoms with Crippen molar-refractivity contribution in [3.8, 4) is 11.5 Å². The minimum atomic E-state index is -1.09. The van der Waals surface area contributed by atoms with Crippen LogP contribution in [0.25, 0.3) is 0 Å². The average Bonchev–Trinajstić information content (AvgIpc) is 2.86. The Balaban J connectivity index is 2.06. The van der Waals surface area contributed by atoms with Crippen LogP contribution < -0.4 is 10.1 Å². The number of rotatable bonds is 0. The number of aromatic hydroxyl groups is 1. The molecule has 124 valence electrons. The number of carbonyl (C=O) groups excluding carboxylic acids is 1. The quantitative estimate of drug-likeness (QED) is 0.674. The summed E-state index contributed by atoms with van der Waals surface area (Å²) in [4.78, 5) is 12.7. The Morgan fingerprint density at radius 2 is 2.09 bits per heavy atom. The van der Waals surface area contributed by atoms with Gasteiger partial charge in [0, 0.05) is 18.0 Å². The predicted molar refractivity (Wildman–Crippen MR) is 84.8 cm³/mol. The third-order valence-electron chi connectivity index (χ3n) is 6.37. The summed E-state index contributed by atoms with van der Waals surface area (Å²) in [5, 5.41) is 25.4. The summed E-state index contributed by atoms with van der Waals surface area (Å²) < 4.78 is 5.97. The first-order valence-electron chi connectivity index (χ1n) is 8.32. The highest BCUT2D eigenvalue weighted by molar-refractivity contribution is 5.90. The molecule has 1 aromatic rings. The predicted octanol–water partition coefficient (Wildman–Crippen LogP) is 1.42. The number of fused-ring (bicyclic) bond motifs is 1. The molecule has 1 spiro atoms. The standard InChI is InChI=1S/C18H23NO4/c1-9-4-5-12(20)15-14(9)17-6-7-19-11(3)18(17,22)10(2)8-13(21)16(17)23-15/h4-5,10-11,16,19-20,22H,6-8H2,1-3H3/t10?,11-,16+,17+,18-/m1/s1. The zero-order chi connectivity index (χ0) is 16.6. The number of ketones is 1. The number of Topliss-reactive ketones (excluding diaryl/α,β-unsaturated/α-hetero) is 1. The van der Waals surface area contributed by atoms with E-state index in [1.165, 1.54) is 0 Å². The Morgan fingerprint density at radius 3 is 2.83 bits per heavy atom. The number of ether oxygens (including phenoxy) is 1. The van der Waals surface area contributed by atoms with Crippen molar-refractivity contribution in [3.63, 3.8) is 0 Å².